The number of nitriles is 1. The number of fused-ring (bicyclic) bond motifs is 1. The van der Waals surface area contributed by atoms with E-state index < -0.39 is 0 Å². The van der Waals surface area contributed by atoms with Gasteiger partial charge >= 0.3 is 0 Å². The smallest absolute Gasteiger partial charge is 0.234 e. The lowest BCUT2D eigenvalue weighted by atomic mass is 9.86. The molecule has 0 unspecified atom stereocenters. The highest BCUT2D eigenvalue weighted by Gasteiger charge is 2.23. The van der Waals surface area contributed by atoms with Crippen molar-refractivity contribution in [1.29, 1.82) is 5.26 Å². The van der Waals surface area contributed by atoms with Gasteiger partial charge in [-0.1, -0.05) is 53.2 Å². The Kier molecular flexibility index (Phi) is 6.82. The average molecular weight is 468 g/mol. The van der Waals surface area contributed by atoms with Gasteiger partial charge in [0, 0.05) is 21.3 Å². The molecule has 31 heavy (non-hydrogen) atoms. The summed E-state index contributed by atoms with van der Waals surface area (Å²) in [4.78, 5) is 17.3. The number of nitrogens with one attached hydrogen (secondary N) is 1. The monoisotopic (exact) mass is 467 g/mol. The minimum Gasteiger partial charge on any atom is -0.325 e. The SMILES string of the molecule is N#Cc1c(SCC(=O)Nc2cccc(Cl)c2)nc(-c2cccc(Cl)c2)c2c1CCCC2. The third kappa shape index (κ3) is 5.04. The Morgan fingerprint density at radius 3 is 2.48 bits per heavy atom. The first-order valence-corrected chi connectivity index (χ1v) is 11.7. The Labute approximate surface area is 195 Å². The van der Waals surface area contributed by atoms with Crippen molar-refractivity contribution >= 4 is 46.6 Å². The van der Waals surface area contributed by atoms with Crippen molar-refractivity contribution in [1.82, 2.24) is 4.98 Å². The molecule has 0 aliphatic heterocycles. The fourth-order valence-corrected chi connectivity index (χ4v) is 4.98. The van der Waals surface area contributed by atoms with Gasteiger partial charge in [-0.25, -0.2) is 4.98 Å². The molecule has 1 aliphatic carbocycles. The van der Waals surface area contributed by atoms with Gasteiger partial charge in [0.1, 0.15) is 11.1 Å². The number of carbonyl (C=O) groups excluding carboxylic acids is 1. The van der Waals surface area contributed by atoms with Crippen molar-refractivity contribution in [3.63, 3.8) is 0 Å². The van der Waals surface area contributed by atoms with Gasteiger partial charge in [-0.05, 0) is 67.1 Å². The summed E-state index contributed by atoms with van der Waals surface area (Å²) >= 11 is 13.5. The second kappa shape index (κ2) is 9.74. The summed E-state index contributed by atoms with van der Waals surface area (Å²) in [7, 11) is 0. The molecule has 0 radical (unpaired) electrons. The zero-order valence-corrected chi connectivity index (χ0v) is 18.9. The summed E-state index contributed by atoms with van der Waals surface area (Å²) in [6.45, 7) is 0. The lowest BCUT2D eigenvalue weighted by molar-refractivity contribution is -0.113. The third-order valence-corrected chi connectivity index (χ3v) is 6.59. The number of halogens is 2. The molecule has 156 valence electrons. The zero-order valence-electron chi connectivity index (χ0n) is 16.6. The molecule has 0 bridgehead atoms. The number of pyridine rings is 1. The summed E-state index contributed by atoms with van der Waals surface area (Å²) < 4.78 is 0. The molecule has 0 atom stereocenters. The second-order valence-corrected chi connectivity index (χ2v) is 9.11. The Morgan fingerprint density at radius 1 is 1.06 bits per heavy atom. The Morgan fingerprint density at radius 2 is 1.77 bits per heavy atom. The molecular formula is C24H19Cl2N3OS. The van der Waals surface area contributed by atoms with Crippen molar-refractivity contribution in [3.05, 3.63) is 75.3 Å². The minimum atomic E-state index is -0.181. The minimum absolute atomic E-state index is 0.141. The molecule has 4 rings (SSSR count). The van der Waals surface area contributed by atoms with Crippen LogP contribution in [0.25, 0.3) is 11.3 Å². The molecule has 1 amide bonds. The van der Waals surface area contributed by atoms with Crippen LogP contribution in [-0.2, 0) is 17.6 Å². The van der Waals surface area contributed by atoms with Crippen LogP contribution in [0.4, 0.5) is 5.69 Å². The standard InChI is InChI=1S/C24H19Cl2N3OS/c25-16-6-3-5-15(11-16)23-20-10-2-1-9-19(20)21(13-27)24(29-23)31-14-22(30)28-18-8-4-7-17(26)12-18/h3-8,11-12H,1-2,9-10,14H2,(H,28,30). The van der Waals surface area contributed by atoms with Gasteiger partial charge in [0.25, 0.3) is 0 Å². The summed E-state index contributed by atoms with van der Waals surface area (Å²) in [6, 6.07) is 16.9. The molecule has 0 spiro atoms. The van der Waals surface area contributed by atoms with Gasteiger partial charge in [0.15, 0.2) is 0 Å². The molecule has 1 N–H and O–H groups in total. The fourth-order valence-electron chi connectivity index (χ4n) is 3.79. The van der Waals surface area contributed by atoms with Gasteiger partial charge in [0.2, 0.25) is 5.91 Å². The number of carbonyl (C=O) groups is 1. The summed E-state index contributed by atoms with van der Waals surface area (Å²) in [5, 5.41) is 14.5. The maximum atomic E-state index is 12.5. The van der Waals surface area contributed by atoms with Gasteiger partial charge in [-0.3, -0.25) is 4.79 Å². The second-order valence-electron chi connectivity index (χ2n) is 7.27. The van der Waals surface area contributed by atoms with Crippen molar-refractivity contribution in [2.45, 2.75) is 30.7 Å². The van der Waals surface area contributed by atoms with Gasteiger partial charge in [0.05, 0.1) is 17.0 Å². The van der Waals surface area contributed by atoms with Gasteiger partial charge in [-0.15, -0.1) is 0 Å². The first kappa shape index (κ1) is 21.7. The van der Waals surface area contributed by atoms with Crippen LogP contribution in [0.1, 0.15) is 29.5 Å². The number of anilines is 1. The first-order valence-electron chi connectivity index (χ1n) is 9.95. The molecule has 3 aromatic rings. The number of hydrogen-bond acceptors (Lipinski definition) is 4. The number of hydrogen-bond donors (Lipinski definition) is 1. The van der Waals surface area contributed by atoms with Gasteiger partial charge < -0.3 is 5.32 Å². The van der Waals surface area contributed by atoms with Crippen LogP contribution < -0.4 is 5.32 Å². The van der Waals surface area contributed by atoms with E-state index >= 15 is 0 Å². The van der Waals surface area contributed by atoms with Crippen molar-refractivity contribution in [2.24, 2.45) is 0 Å². The van der Waals surface area contributed by atoms with E-state index in [1.54, 1.807) is 24.3 Å². The van der Waals surface area contributed by atoms with Crippen LogP contribution in [0.3, 0.4) is 0 Å². The highest BCUT2D eigenvalue weighted by molar-refractivity contribution is 8.00. The lowest BCUT2D eigenvalue weighted by Crippen LogP contribution is -2.15. The first-order chi connectivity index (χ1) is 15.0. The quantitative estimate of drug-likeness (QED) is 0.432. The van der Waals surface area contributed by atoms with E-state index in [4.69, 9.17) is 28.2 Å². The van der Waals surface area contributed by atoms with Crippen LogP contribution in [0.15, 0.2) is 53.6 Å². The maximum absolute atomic E-state index is 12.5. The molecule has 1 aliphatic rings. The number of thioether (sulfide) groups is 1. The Bertz CT molecular complexity index is 1190. The van der Waals surface area contributed by atoms with Crippen LogP contribution in [0.5, 0.6) is 0 Å². The molecule has 4 nitrogen and oxygen atoms in total. The van der Waals surface area contributed by atoms with E-state index in [2.05, 4.69) is 11.4 Å². The zero-order chi connectivity index (χ0) is 21.8. The average Bonchev–Trinajstić information content (AvgIpc) is 2.77. The van der Waals surface area contributed by atoms with Crippen molar-refractivity contribution in [2.75, 3.05) is 11.1 Å². The predicted molar refractivity (Wildman–Crippen MR) is 127 cm³/mol. The maximum Gasteiger partial charge on any atom is 0.234 e. The number of aromatic nitrogens is 1. The number of benzene rings is 2. The largest absolute Gasteiger partial charge is 0.325 e. The summed E-state index contributed by atoms with van der Waals surface area (Å²) in [6.07, 6.45) is 3.84. The number of nitrogens with zero attached hydrogens (tertiary/aromatic N) is 2. The molecule has 2 aromatic carbocycles. The molecule has 0 fully saturated rings. The van der Waals surface area contributed by atoms with Crippen molar-refractivity contribution < 1.29 is 4.79 Å². The van der Waals surface area contributed by atoms with Crippen LogP contribution >= 0.6 is 35.0 Å². The fraction of sp³-hybridized carbons (Fsp3) is 0.208. The number of rotatable bonds is 5. The van der Waals surface area contributed by atoms with Crippen LogP contribution in [0.2, 0.25) is 10.0 Å². The third-order valence-electron chi connectivity index (χ3n) is 5.14. The molecular weight excluding hydrogens is 449 g/mol. The molecule has 0 saturated carbocycles. The topological polar surface area (TPSA) is 65.8 Å². The van der Waals surface area contributed by atoms with Crippen molar-refractivity contribution in [3.8, 4) is 17.3 Å². The Hall–Kier alpha value is -2.52. The normalized spacial score (nSPS) is 12.7. The van der Waals surface area contributed by atoms with E-state index in [1.807, 2.05) is 24.3 Å². The van der Waals surface area contributed by atoms with Crippen LogP contribution in [-0.4, -0.2) is 16.6 Å². The predicted octanol–water partition coefficient (Wildman–Crippen LogP) is 6.54. The molecule has 7 heteroatoms. The highest BCUT2D eigenvalue weighted by Crippen LogP contribution is 2.37. The summed E-state index contributed by atoms with van der Waals surface area (Å²) in [5.74, 6) is -0.0397. The highest BCUT2D eigenvalue weighted by atomic mass is 35.5. The Balaban J connectivity index is 1.64. The number of amides is 1. The molecule has 0 saturated heterocycles. The summed E-state index contributed by atoms with van der Waals surface area (Å²) in [5.41, 5.74) is 5.18. The molecule has 1 aromatic heterocycles. The van der Waals surface area contributed by atoms with E-state index in [9.17, 15) is 10.1 Å². The lowest BCUT2D eigenvalue weighted by Gasteiger charge is -2.22. The van der Waals surface area contributed by atoms with Crippen LogP contribution in [0, 0.1) is 11.3 Å². The van der Waals surface area contributed by atoms with E-state index in [1.165, 1.54) is 11.8 Å². The van der Waals surface area contributed by atoms with Gasteiger partial charge in [-0.2, -0.15) is 5.26 Å². The van der Waals surface area contributed by atoms with E-state index in [0.29, 0.717) is 26.3 Å². The van der Waals surface area contributed by atoms with E-state index in [-0.39, 0.29) is 11.7 Å². The molecule has 1 heterocycles. The van der Waals surface area contributed by atoms with E-state index in [0.717, 1.165) is 48.1 Å².